The van der Waals surface area contributed by atoms with Crippen LogP contribution in [0.5, 0.6) is 0 Å². The Labute approximate surface area is 220 Å². The molecule has 0 unspecified atom stereocenters. The van der Waals surface area contributed by atoms with Gasteiger partial charge in [0.05, 0.1) is 23.8 Å². The fourth-order valence-electron chi connectivity index (χ4n) is 4.93. The number of likely N-dealkylation sites (N-methyl/N-ethyl adjacent to an activating group) is 1. The largest absolute Gasteiger partial charge is 0.463 e. The first-order valence-electron chi connectivity index (χ1n) is 12.8. The number of benzene rings is 2. The van der Waals surface area contributed by atoms with E-state index in [9.17, 15) is 22.8 Å². The molecule has 7 nitrogen and oxygen atoms in total. The van der Waals surface area contributed by atoms with Crippen molar-refractivity contribution in [1.82, 2.24) is 20.0 Å². The minimum atomic E-state index is -4.49. The van der Waals surface area contributed by atoms with Gasteiger partial charge in [-0.1, -0.05) is 42.5 Å². The summed E-state index contributed by atoms with van der Waals surface area (Å²) in [4.78, 5) is 32.4. The van der Waals surface area contributed by atoms with Crippen LogP contribution >= 0.6 is 0 Å². The molecule has 0 bridgehead atoms. The van der Waals surface area contributed by atoms with Crippen molar-refractivity contribution in [3.63, 3.8) is 0 Å². The van der Waals surface area contributed by atoms with Gasteiger partial charge in [-0.05, 0) is 37.1 Å². The van der Waals surface area contributed by atoms with Crippen molar-refractivity contribution in [3.8, 4) is 0 Å². The molecule has 4 rings (SSSR count). The number of ether oxygens (including phenoxy) is 1. The zero-order valence-electron chi connectivity index (χ0n) is 21.6. The summed E-state index contributed by atoms with van der Waals surface area (Å²) in [7, 11) is 0. The van der Waals surface area contributed by atoms with E-state index in [-0.39, 0.29) is 12.2 Å². The van der Waals surface area contributed by atoms with Gasteiger partial charge in [-0.15, -0.1) is 0 Å². The maximum atomic E-state index is 13.2. The lowest BCUT2D eigenvalue weighted by Crippen LogP contribution is -2.53. The number of halogens is 3. The number of nitrogens with one attached hydrogen (secondary N) is 1. The lowest BCUT2D eigenvalue weighted by molar-refractivity contribution is -0.139. The highest BCUT2D eigenvalue weighted by molar-refractivity contribution is 5.95. The number of hydrogen-bond acceptors (Lipinski definition) is 5. The highest BCUT2D eigenvalue weighted by Gasteiger charge is 2.39. The summed E-state index contributed by atoms with van der Waals surface area (Å²) in [5, 5.41) is 2.80. The third-order valence-electron chi connectivity index (χ3n) is 6.91. The Morgan fingerprint density at radius 3 is 2.11 bits per heavy atom. The molecule has 2 aliphatic heterocycles. The lowest BCUT2D eigenvalue weighted by Gasteiger charge is -2.40. The molecule has 0 aromatic heterocycles. The topological polar surface area (TPSA) is 65.1 Å². The minimum Gasteiger partial charge on any atom is -0.463 e. The normalized spacial score (nSPS) is 19.4. The van der Waals surface area contributed by atoms with Crippen molar-refractivity contribution >= 4 is 12.0 Å². The number of hydrogen-bond donors (Lipinski definition) is 1. The van der Waals surface area contributed by atoms with Crippen LogP contribution in [0.15, 0.2) is 65.9 Å². The average molecular weight is 531 g/mol. The summed E-state index contributed by atoms with van der Waals surface area (Å²) in [5.74, 6) is -0.589. The fraction of sp³-hybridized carbons (Fsp3) is 0.429. The first-order chi connectivity index (χ1) is 18.2. The van der Waals surface area contributed by atoms with Gasteiger partial charge in [0.1, 0.15) is 0 Å². The zero-order valence-corrected chi connectivity index (χ0v) is 21.6. The van der Waals surface area contributed by atoms with Gasteiger partial charge >= 0.3 is 18.2 Å². The Morgan fingerprint density at radius 1 is 0.947 bits per heavy atom. The number of urea groups is 1. The highest BCUT2D eigenvalue weighted by atomic mass is 19.4. The van der Waals surface area contributed by atoms with Gasteiger partial charge in [-0.3, -0.25) is 14.7 Å². The number of esters is 1. The summed E-state index contributed by atoms with van der Waals surface area (Å²) >= 11 is 0. The van der Waals surface area contributed by atoms with Gasteiger partial charge in [0.25, 0.3) is 0 Å². The molecular weight excluding hydrogens is 497 g/mol. The maximum Gasteiger partial charge on any atom is 0.416 e. The van der Waals surface area contributed by atoms with Crippen LogP contribution in [0.25, 0.3) is 0 Å². The molecular formula is C28H33F3N4O3. The first-order valence-corrected chi connectivity index (χ1v) is 12.8. The van der Waals surface area contributed by atoms with Gasteiger partial charge < -0.3 is 10.1 Å². The molecule has 2 amide bonds. The van der Waals surface area contributed by atoms with E-state index in [1.807, 2.05) is 25.1 Å². The van der Waals surface area contributed by atoms with Gasteiger partial charge in [0, 0.05) is 51.5 Å². The van der Waals surface area contributed by atoms with Crippen molar-refractivity contribution < 1.29 is 27.5 Å². The van der Waals surface area contributed by atoms with E-state index in [4.69, 9.17) is 4.74 Å². The first kappa shape index (κ1) is 27.7. The molecule has 1 N–H and O–H groups in total. The zero-order chi connectivity index (χ0) is 27.3. The Bertz CT molecular complexity index is 1140. The second-order valence-electron chi connectivity index (χ2n) is 9.37. The Hall–Kier alpha value is -3.37. The lowest BCUT2D eigenvalue weighted by atomic mass is 9.93. The highest BCUT2D eigenvalue weighted by Crippen LogP contribution is 2.35. The third-order valence-corrected chi connectivity index (χ3v) is 6.91. The Kier molecular flexibility index (Phi) is 8.73. The quantitative estimate of drug-likeness (QED) is 0.512. The summed E-state index contributed by atoms with van der Waals surface area (Å²) < 4.78 is 44.7. The molecule has 2 aliphatic rings. The van der Waals surface area contributed by atoms with Gasteiger partial charge in [-0.2, -0.15) is 13.2 Å². The van der Waals surface area contributed by atoms with Crippen LogP contribution in [-0.4, -0.2) is 72.6 Å². The molecule has 2 aromatic carbocycles. The fourth-order valence-corrected chi connectivity index (χ4v) is 4.93. The molecule has 1 saturated heterocycles. The number of nitrogens with zero attached hydrogens (tertiary/aromatic N) is 3. The van der Waals surface area contributed by atoms with E-state index in [2.05, 4.69) is 27.2 Å². The molecule has 0 saturated carbocycles. The van der Waals surface area contributed by atoms with Gasteiger partial charge in [0.2, 0.25) is 0 Å². The summed E-state index contributed by atoms with van der Waals surface area (Å²) in [6.45, 7) is 8.33. The second-order valence-corrected chi connectivity index (χ2v) is 9.37. The number of piperazine rings is 1. The van der Waals surface area contributed by atoms with E-state index in [1.54, 1.807) is 6.92 Å². The van der Waals surface area contributed by atoms with Gasteiger partial charge in [-0.25, -0.2) is 9.59 Å². The summed E-state index contributed by atoms with van der Waals surface area (Å²) in [6, 6.07) is 13.4. The number of carbonyl (C=O) groups excluding carboxylic acids is 2. The van der Waals surface area contributed by atoms with E-state index in [0.717, 1.165) is 44.9 Å². The van der Waals surface area contributed by atoms with E-state index < -0.39 is 29.8 Å². The molecule has 0 spiro atoms. The van der Waals surface area contributed by atoms with Crippen molar-refractivity contribution in [3.05, 3.63) is 82.6 Å². The number of alkyl halides is 3. The predicted molar refractivity (Wildman–Crippen MR) is 137 cm³/mol. The van der Waals surface area contributed by atoms with Crippen LogP contribution < -0.4 is 5.32 Å². The number of carbonyl (C=O) groups is 2. The third kappa shape index (κ3) is 6.36. The number of rotatable bonds is 8. The van der Waals surface area contributed by atoms with Crippen LogP contribution in [0, 0.1) is 0 Å². The predicted octanol–water partition coefficient (Wildman–Crippen LogP) is 4.43. The monoisotopic (exact) mass is 530 g/mol. The minimum absolute atomic E-state index is 0.133. The molecule has 2 heterocycles. The van der Waals surface area contributed by atoms with E-state index in [0.29, 0.717) is 24.4 Å². The molecule has 204 valence electrons. The van der Waals surface area contributed by atoms with Crippen LogP contribution in [0.3, 0.4) is 0 Å². The number of amides is 2. The van der Waals surface area contributed by atoms with Crippen molar-refractivity contribution in [2.45, 2.75) is 32.6 Å². The van der Waals surface area contributed by atoms with Crippen LogP contribution in [-0.2, 0) is 22.3 Å². The molecule has 0 radical (unpaired) electrons. The SMILES string of the molecule is CCOC(=O)C1=C(CN2CCN(Cc3ccccc3)CC2)N(CC)C(=O)N[C@@H]1c1ccc(C(F)(F)F)cc1. The Morgan fingerprint density at radius 2 is 1.55 bits per heavy atom. The van der Waals surface area contributed by atoms with Gasteiger partial charge in [0.15, 0.2) is 0 Å². The van der Waals surface area contributed by atoms with Crippen molar-refractivity contribution in [2.75, 3.05) is 45.9 Å². The smallest absolute Gasteiger partial charge is 0.416 e. The van der Waals surface area contributed by atoms with E-state index in [1.165, 1.54) is 22.6 Å². The van der Waals surface area contributed by atoms with Crippen molar-refractivity contribution in [1.29, 1.82) is 0 Å². The van der Waals surface area contributed by atoms with Crippen LogP contribution in [0.2, 0.25) is 0 Å². The van der Waals surface area contributed by atoms with Crippen molar-refractivity contribution in [2.24, 2.45) is 0 Å². The summed E-state index contributed by atoms with van der Waals surface area (Å²) in [6.07, 6.45) is -4.49. The maximum absolute atomic E-state index is 13.2. The molecule has 0 aliphatic carbocycles. The summed E-state index contributed by atoms with van der Waals surface area (Å²) in [5.41, 5.74) is 1.61. The molecule has 10 heteroatoms. The van der Waals surface area contributed by atoms with E-state index >= 15 is 0 Å². The standard InChI is InChI=1S/C28H33F3N4O3/c1-3-35-23(19-34-16-14-33(15-17-34)18-20-8-6-5-7-9-20)24(26(36)38-4-2)25(32-27(35)37)21-10-12-22(13-11-21)28(29,30)31/h5-13,25H,3-4,14-19H2,1-2H3,(H,32,37)/t25-/m1/s1. The van der Waals surface area contributed by atoms with Crippen LogP contribution in [0.4, 0.5) is 18.0 Å². The Balaban J connectivity index is 1.60. The molecule has 38 heavy (non-hydrogen) atoms. The van der Waals surface area contributed by atoms with Crippen LogP contribution in [0.1, 0.15) is 36.6 Å². The molecule has 2 aromatic rings. The molecule has 1 atom stereocenters. The molecule has 1 fully saturated rings. The second kappa shape index (κ2) is 12.0. The average Bonchev–Trinajstić information content (AvgIpc) is 2.90.